The van der Waals surface area contributed by atoms with Gasteiger partial charge in [-0.2, -0.15) is 4.52 Å². The molecule has 2 amide bonds. The molecule has 2 N–H and O–H groups in total. The lowest BCUT2D eigenvalue weighted by Gasteiger charge is -2.35. The van der Waals surface area contributed by atoms with Crippen molar-refractivity contribution in [2.24, 2.45) is 5.92 Å². The molecule has 7 rings (SSSR count). The first-order valence-electron chi connectivity index (χ1n) is 15.0. The summed E-state index contributed by atoms with van der Waals surface area (Å²) in [5.74, 6) is 1.88. The number of rotatable bonds is 4. The van der Waals surface area contributed by atoms with Crippen molar-refractivity contribution < 1.29 is 14.0 Å². The standard InChI is InChI=1S/C19H21FN6O.C11H14N6O/c20-15-5-3-14(4-6-15)19(27)25-11-9-24(10-12-25)17-8-7-16(21)26(23-17)18(22)13-1-2-13;1-9(18)15-4-6-16(7-5-15)11-3-2-10-13-12-8-17(10)14-11/h3-8,13,21-22H,1-2,9-12H2;2-3,8H,4-7H2,1H3. The van der Waals surface area contributed by atoms with E-state index < -0.39 is 0 Å². The molecule has 2 saturated heterocycles. The van der Waals surface area contributed by atoms with Crippen molar-refractivity contribution >= 4 is 34.9 Å². The smallest absolute Gasteiger partial charge is 0.253 e. The second-order valence-electron chi connectivity index (χ2n) is 11.3. The van der Waals surface area contributed by atoms with Gasteiger partial charge in [-0.15, -0.1) is 20.4 Å². The van der Waals surface area contributed by atoms with Crippen molar-refractivity contribution in [1.29, 1.82) is 10.8 Å². The average molecular weight is 615 g/mol. The molecule has 45 heavy (non-hydrogen) atoms. The SMILES string of the molecule is CC(=O)N1CCN(c2ccc3nncn3n2)CC1.N=C(C1CC1)n1nc(N2CCN(C(=O)c3ccc(F)cc3)CC2)ccc1=N. The number of carbonyl (C=O) groups is 2. The molecule has 1 aliphatic carbocycles. The lowest BCUT2D eigenvalue weighted by atomic mass is 10.2. The Hall–Kier alpha value is -5.21. The fourth-order valence-electron chi connectivity index (χ4n) is 5.35. The van der Waals surface area contributed by atoms with Crippen molar-refractivity contribution in [2.45, 2.75) is 19.8 Å². The maximum atomic E-state index is 13.0. The maximum Gasteiger partial charge on any atom is 0.253 e. The molecule has 3 fully saturated rings. The fourth-order valence-corrected chi connectivity index (χ4v) is 5.35. The monoisotopic (exact) mass is 614 g/mol. The Bertz CT molecular complexity index is 1750. The lowest BCUT2D eigenvalue weighted by molar-refractivity contribution is -0.129. The number of hydrogen-bond acceptors (Lipinski definition) is 10. The predicted molar refractivity (Wildman–Crippen MR) is 164 cm³/mol. The number of nitrogens with zero attached hydrogens (tertiary/aromatic N) is 10. The van der Waals surface area contributed by atoms with Crippen molar-refractivity contribution in [1.82, 2.24) is 39.4 Å². The van der Waals surface area contributed by atoms with Gasteiger partial charge in [-0.25, -0.2) is 9.07 Å². The van der Waals surface area contributed by atoms with Crippen LogP contribution in [0.25, 0.3) is 5.65 Å². The molecule has 0 unspecified atom stereocenters. The number of fused-ring (bicyclic) bond motifs is 1. The highest BCUT2D eigenvalue weighted by atomic mass is 19.1. The summed E-state index contributed by atoms with van der Waals surface area (Å²) in [5.41, 5.74) is 1.43. The molecule has 1 saturated carbocycles. The van der Waals surface area contributed by atoms with Crippen LogP contribution < -0.4 is 15.3 Å². The number of amides is 2. The molecule has 14 nitrogen and oxygen atoms in total. The van der Waals surface area contributed by atoms with Crippen molar-refractivity contribution in [2.75, 3.05) is 62.2 Å². The van der Waals surface area contributed by atoms with Crippen LogP contribution in [0.1, 0.15) is 30.1 Å². The Morgan fingerprint density at radius 3 is 2.02 bits per heavy atom. The zero-order chi connectivity index (χ0) is 31.5. The molecule has 2 aliphatic heterocycles. The summed E-state index contributed by atoms with van der Waals surface area (Å²) in [6.07, 6.45) is 3.56. The van der Waals surface area contributed by atoms with Crippen LogP contribution >= 0.6 is 0 Å². The summed E-state index contributed by atoms with van der Waals surface area (Å²) >= 11 is 0. The molecule has 0 spiro atoms. The highest BCUT2D eigenvalue weighted by Gasteiger charge is 2.29. The van der Waals surface area contributed by atoms with Crippen molar-refractivity contribution in [3.05, 3.63) is 71.7 Å². The molecular weight excluding hydrogens is 579 g/mol. The highest BCUT2D eigenvalue weighted by molar-refractivity contribution is 5.94. The minimum absolute atomic E-state index is 0.102. The van der Waals surface area contributed by atoms with Gasteiger partial charge in [0, 0.05) is 70.8 Å². The number of piperazine rings is 2. The number of carbonyl (C=O) groups excluding carboxylic acids is 2. The maximum absolute atomic E-state index is 13.0. The van der Waals surface area contributed by atoms with Gasteiger partial charge in [0.15, 0.2) is 5.65 Å². The number of halogens is 1. The Morgan fingerprint density at radius 1 is 0.800 bits per heavy atom. The van der Waals surface area contributed by atoms with Gasteiger partial charge in [-0.1, -0.05) is 0 Å². The Kier molecular flexibility index (Phi) is 8.49. The van der Waals surface area contributed by atoms with Gasteiger partial charge in [-0.05, 0) is 61.4 Å². The summed E-state index contributed by atoms with van der Waals surface area (Å²) in [6, 6.07) is 12.9. The molecule has 0 bridgehead atoms. The average Bonchev–Trinajstić information content (AvgIpc) is 3.82. The van der Waals surface area contributed by atoms with Gasteiger partial charge < -0.3 is 19.6 Å². The van der Waals surface area contributed by atoms with Crippen LogP contribution in [-0.2, 0) is 4.79 Å². The van der Waals surface area contributed by atoms with Gasteiger partial charge in [0.05, 0.1) is 0 Å². The van der Waals surface area contributed by atoms with E-state index in [9.17, 15) is 14.0 Å². The second kappa shape index (κ2) is 12.8. The van der Waals surface area contributed by atoms with Gasteiger partial charge in [0.2, 0.25) is 5.91 Å². The molecule has 234 valence electrons. The van der Waals surface area contributed by atoms with E-state index in [0.29, 0.717) is 43.4 Å². The highest BCUT2D eigenvalue weighted by Crippen LogP contribution is 2.30. The second-order valence-corrected chi connectivity index (χ2v) is 11.3. The molecule has 15 heteroatoms. The number of nitrogens with one attached hydrogen (secondary N) is 2. The largest absolute Gasteiger partial charge is 0.352 e. The number of benzene rings is 1. The Balaban J connectivity index is 0.000000172. The van der Waals surface area contributed by atoms with Gasteiger partial charge in [0.25, 0.3) is 5.91 Å². The van der Waals surface area contributed by atoms with E-state index in [-0.39, 0.29) is 29.0 Å². The van der Waals surface area contributed by atoms with Crippen LogP contribution in [0.3, 0.4) is 0 Å². The quantitative estimate of drug-likeness (QED) is 0.259. The summed E-state index contributed by atoms with van der Waals surface area (Å²) < 4.78 is 16.1. The summed E-state index contributed by atoms with van der Waals surface area (Å²) in [7, 11) is 0. The molecule has 0 atom stereocenters. The van der Waals surface area contributed by atoms with Crippen molar-refractivity contribution in [3.8, 4) is 0 Å². The number of hydrogen-bond donors (Lipinski definition) is 2. The summed E-state index contributed by atoms with van der Waals surface area (Å²) in [4.78, 5) is 31.6. The van der Waals surface area contributed by atoms with Gasteiger partial charge >= 0.3 is 0 Å². The topological polar surface area (TPSA) is 156 Å². The number of anilines is 2. The first-order valence-corrected chi connectivity index (χ1v) is 15.0. The van der Waals surface area contributed by atoms with Crippen LogP contribution in [0.15, 0.2) is 54.9 Å². The normalized spacial score (nSPS) is 16.8. The summed E-state index contributed by atoms with van der Waals surface area (Å²) in [5, 5.41) is 32.8. The third kappa shape index (κ3) is 6.81. The molecule has 5 heterocycles. The molecule has 1 aromatic carbocycles. The lowest BCUT2D eigenvalue weighted by Crippen LogP contribution is -2.49. The minimum atomic E-state index is -0.356. The third-order valence-corrected chi connectivity index (χ3v) is 8.19. The van der Waals surface area contributed by atoms with Crippen LogP contribution in [0.4, 0.5) is 16.0 Å². The van der Waals surface area contributed by atoms with Crippen LogP contribution in [0, 0.1) is 22.6 Å². The first-order chi connectivity index (χ1) is 21.8. The van der Waals surface area contributed by atoms with E-state index >= 15 is 0 Å². The zero-order valence-electron chi connectivity index (χ0n) is 25.0. The number of aromatic nitrogens is 6. The predicted octanol–water partition coefficient (Wildman–Crippen LogP) is 1.49. The minimum Gasteiger partial charge on any atom is -0.352 e. The van der Waals surface area contributed by atoms with Crippen LogP contribution in [0.2, 0.25) is 0 Å². The molecule has 4 aromatic rings. The molecule has 0 radical (unpaired) electrons. The Morgan fingerprint density at radius 2 is 1.40 bits per heavy atom. The molecular formula is C30H35FN12O2. The fraction of sp³-hybridized carbons (Fsp3) is 0.400. The first kappa shape index (κ1) is 29.8. The van der Waals surface area contributed by atoms with E-state index in [2.05, 4.69) is 30.2 Å². The van der Waals surface area contributed by atoms with Crippen LogP contribution in [-0.4, -0.2) is 109 Å². The zero-order valence-corrected chi connectivity index (χ0v) is 25.0. The third-order valence-electron chi connectivity index (χ3n) is 8.19. The Labute approximate surface area is 258 Å². The summed E-state index contributed by atoms with van der Waals surface area (Å²) in [6.45, 7) is 7.04. The van der Waals surface area contributed by atoms with E-state index in [4.69, 9.17) is 10.8 Å². The van der Waals surface area contributed by atoms with E-state index in [0.717, 1.165) is 50.5 Å². The van der Waals surface area contributed by atoms with E-state index in [1.165, 1.54) is 28.9 Å². The van der Waals surface area contributed by atoms with Crippen LogP contribution in [0.5, 0.6) is 0 Å². The van der Waals surface area contributed by atoms with E-state index in [1.807, 2.05) is 17.0 Å². The van der Waals surface area contributed by atoms with Gasteiger partial charge in [0.1, 0.15) is 35.1 Å². The van der Waals surface area contributed by atoms with E-state index in [1.54, 1.807) is 34.8 Å². The van der Waals surface area contributed by atoms with Crippen molar-refractivity contribution in [3.63, 3.8) is 0 Å². The molecule has 3 aliphatic rings. The van der Waals surface area contributed by atoms with Gasteiger partial charge in [-0.3, -0.25) is 20.4 Å². The molecule has 3 aromatic heterocycles.